The molecule has 0 aliphatic carbocycles. The summed E-state index contributed by atoms with van der Waals surface area (Å²) < 4.78 is 5.25. The number of rotatable bonds is 10. The molecule has 0 aliphatic rings. The highest BCUT2D eigenvalue weighted by Gasteiger charge is 2.10. The largest absolute Gasteiger partial charge is 0.497 e. The number of nitro benzene ring substituents is 1. The van der Waals surface area contributed by atoms with Crippen LogP contribution in [0, 0.1) is 10.1 Å². The Balaban J connectivity index is 1.66. The molecule has 0 saturated carbocycles. The van der Waals surface area contributed by atoms with Crippen molar-refractivity contribution < 1.29 is 9.66 Å². The van der Waals surface area contributed by atoms with Crippen molar-refractivity contribution in [2.45, 2.75) is 25.9 Å². The van der Waals surface area contributed by atoms with E-state index in [2.05, 4.69) is 41.3 Å². The van der Waals surface area contributed by atoms with Gasteiger partial charge in [0.25, 0.3) is 5.69 Å². The van der Waals surface area contributed by atoms with Gasteiger partial charge in [0.2, 0.25) is 0 Å². The first-order chi connectivity index (χ1) is 14.1. The summed E-state index contributed by atoms with van der Waals surface area (Å²) in [6.45, 7) is 2.51. The minimum Gasteiger partial charge on any atom is -0.497 e. The van der Waals surface area contributed by atoms with Crippen LogP contribution < -0.4 is 4.74 Å². The first-order valence-electron chi connectivity index (χ1n) is 9.76. The molecule has 0 amide bonds. The Bertz CT molecular complexity index is 894. The summed E-state index contributed by atoms with van der Waals surface area (Å²) in [6, 6.07) is 25.4. The van der Waals surface area contributed by atoms with Gasteiger partial charge in [-0.15, -0.1) is 0 Å². The average molecular weight is 390 g/mol. The summed E-state index contributed by atoms with van der Waals surface area (Å²) in [5.74, 6) is 0.847. The molecule has 0 aromatic heterocycles. The zero-order valence-electron chi connectivity index (χ0n) is 16.7. The average Bonchev–Trinajstić information content (AvgIpc) is 2.75. The lowest BCUT2D eigenvalue weighted by atomic mass is 10.1. The van der Waals surface area contributed by atoms with Crippen LogP contribution >= 0.6 is 0 Å². The number of hydrogen-bond acceptors (Lipinski definition) is 4. The predicted molar refractivity (Wildman–Crippen MR) is 115 cm³/mol. The first kappa shape index (κ1) is 20.6. The van der Waals surface area contributed by atoms with E-state index in [4.69, 9.17) is 4.74 Å². The van der Waals surface area contributed by atoms with Gasteiger partial charge in [0, 0.05) is 25.2 Å². The van der Waals surface area contributed by atoms with Crippen LogP contribution in [0.4, 0.5) is 5.69 Å². The van der Waals surface area contributed by atoms with Crippen LogP contribution in [0.2, 0.25) is 0 Å². The maximum atomic E-state index is 10.9. The molecule has 0 radical (unpaired) electrons. The lowest BCUT2D eigenvalue weighted by molar-refractivity contribution is -0.384. The van der Waals surface area contributed by atoms with Crippen molar-refractivity contribution >= 4 is 5.69 Å². The predicted octanol–water partition coefficient (Wildman–Crippen LogP) is 5.24. The van der Waals surface area contributed by atoms with Gasteiger partial charge in [-0.25, -0.2) is 0 Å². The molecule has 150 valence electrons. The van der Waals surface area contributed by atoms with E-state index in [-0.39, 0.29) is 10.6 Å². The van der Waals surface area contributed by atoms with Gasteiger partial charge in [0.05, 0.1) is 12.0 Å². The van der Waals surface area contributed by atoms with E-state index in [0.29, 0.717) is 0 Å². The molecule has 0 unspecified atom stereocenters. The molecule has 0 N–H and O–H groups in total. The van der Waals surface area contributed by atoms with Crippen molar-refractivity contribution in [2.24, 2.45) is 0 Å². The van der Waals surface area contributed by atoms with Crippen molar-refractivity contribution in [1.82, 2.24) is 4.90 Å². The fraction of sp³-hybridized carbons (Fsp3) is 0.250. The molecule has 5 nitrogen and oxygen atoms in total. The Morgan fingerprint density at radius 1 is 0.828 bits per heavy atom. The van der Waals surface area contributed by atoms with Gasteiger partial charge < -0.3 is 4.74 Å². The molecule has 0 spiro atoms. The van der Waals surface area contributed by atoms with Gasteiger partial charge in [-0.3, -0.25) is 15.0 Å². The third-order valence-corrected chi connectivity index (χ3v) is 4.90. The molecule has 0 heterocycles. The molecule has 0 bridgehead atoms. The molecule has 29 heavy (non-hydrogen) atoms. The van der Waals surface area contributed by atoms with Gasteiger partial charge in [0.15, 0.2) is 0 Å². The molecule has 3 rings (SSSR count). The van der Waals surface area contributed by atoms with Crippen molar-refractivity contribution in [1.29, 1.82) is 0 Å². The van der Waals surface area contributed by atoms with Crippen molar-refractivity contribution in [3.63, 3.8) is 0 Å². The van der Waals surface area contributed by atoms with E-state index in [1.165, 1.54) is 11.1 Å². The summed E-state index contributed by atoms with van der Waals surface area (Å²) in [6.07, 6.45) is 2.08. The second kappa shape index (κ2) is 10.4. The fourth-order valence-electron chi connectivity index (χ4n) is 3.34. The Labute approximate surface area is 171 Å². The van der Waals surface area contributed by atoms with Gasteiger partial charge >= 0.3 is 0 Å². The maximum absolute atomic E-state index is 10.9. The number of methoxy groups -OCH3 is 1. The number of non-ortho nitro benzene ring substituents is 1. The Hall–Kier alpha value is -3.18. The van der Waals surface area contributed by atoms with E-state index in [1.54, 1.807) is 19.2 Å². The normalized spacial score (nSPS) is 10.8. The van der Waals surface area contributed by atoms with Gasteiger partial charge in [0.1, 0.15) is 5.75 Å². The summed E-state index contributed by atoms with van der Waals surface area (Å²) >= 11 is 0. The minimum absolute atomic E-state index is 0.125. The zero-order chi connectivity index (χ0) is 20.5. The van der Waals surface area contributed by atoms with E-state index < -0.39 is 0 Å². The molecule has 5 heteroatoms. The Morgan fingerprint density at radius 3 is 1.97 bits per heavy atom. The van der Waals surface area contributed by atoms with E-state index in [1.807, 2.05) is 30.3 Å². The molecule has 0 fully saturated rings. The van der Waals surface area contributed by atoms with Crippen molar-refractivity contribution in [3.05, 3.63) is 106 Å². The molecule has 3 aromatic rings. The SMILES string of the molecule is COc1ccc(CN(CCCc2ccccc2)Cc2ccc([N+](=O)[O-])cc2)cc1. The number of nitro groups is 1. The van der Waals surface area contributed by atoms with Crippen molar-refractivity contribution in [2.75, 3.05) is 13.7 Å². The fourth-order valence-corrected chi connectivity index (χ4v) is 3.34. The summed E-state index contributed by atoms with van der Waals surface area (Å²) in [5, 5.41) is 10.9. The number of aryl methyl sites for hydroxylation is 1. The maximum Gasteiger partial charge on any atom is 0.269 e. The highest BCUT2D eigenvalue weighted by atomic mass is 16.6. The highest BCUT2D eigenvalue weighted by Crippen LogP contribution is 2.17. The lowest BCUT2D eigenvalue weighted by Crippen LogP contribution is -2.24. The van der Waals surface area contributed by atoms with E-state index >= 15 is 0 Å². The molecule has 0 aliphatic heterocycles. The Morgan fingerprint density at radius 2 is 1.41 bits per heavy atom. The third kappa shape index (κ3) is 6.43. The van der Waals surface area contributed by atoms with Gasteiger partial charge in [-0.1, -0.05) is 54.6 Å². The third-order valence-electron chi connectivity index (χ3n) is 4.90. The van der Waals surface area contributed by atoms with Crippen LogP contribution in [0.15, 0.2) is 78.9 Å². The second-order valence-corrected chi connectivity index (χ2v) is 7.07. The topological polar surface area (TPSA) is 55.6 Å². The second-order valence-electron chi connectivity index (χ2n) is 7.07. The van der Waals surface area contributed by atoms with E-state index in [0.717, 1.165) is 43.8 Å². The van der Waals surface area contributed by atoms with Crippen LogP contribution in [0.5, 0.6) is 5.75 Å². The Kier molecular flexibility index (Phi) is 7.36. The van der Waals surface area contributed by atoms with Crippen LogP contribution in [-0.2, 0) is 19.5 Å². The number of ether oxygens (including phenoxy) is 1. The number of benzene rings is 3. The molecule has 0 atom stereocenters. The number of hydrogen-bond donors (Lipinski definition) is 0. The van der Waals surface area contributed by atoms with E-state index in [9.17, 15) is 10.1 Å². The van der Waals surface area contributed by atoms with Crippen LogP contribution in [0.3, 0.4) is 0 Å². The molecular weight excluding hydrogens is 364 g/mol. The quantitative estimate of drug-likeness (QED) is 0.351. The standard InChI is InChI=1S/C24H26N2O3/c1-29-24-15-11-22(12-16-24)19-25(17-5-8-20-6-3-2-4-7-20)18-21-9-13-23(14-10-21)26(27)28/h2-4,6-7,9-16H,5,8,17-19H2,1H3. The van der Waals surface area contributed by atoms with Crippen molar-refractivity contribution in [3.8, 4) is 5.75 Å². The summed E-state index contributed by atoms with van der Waals surface area (Å²) in [7, 11) is 1.67. The summed E-state index contributed by atoms with van der Waals surface area (Å²) in [4.78, 5) is 12.9. The summed E-state index contributed by atoms with van der Waals surface area (Å²) in [5.41, 5.74) is 3.75. The monoisotopic (exact) mass is 390 g/mol. The van der Waals surface area contributed by atoms with Crippen LogP contribution in [0.25, 0.3) is 0 Å². The van der Waals surface area contributed by atoms with Gasteiger partial charge in [-0.05, 0) is 48.2 Å². The smallest absolute Gasteiger partial charge is 0.269 e. The highest BCUT2D eigenvalue weighted by molar-refractivity contribution is 5.33. The number of nitrogens with zero attached hydrogens (tertiary/aromatic N) is 2. The minimum atomic E-state index is -0.362. The van der Waals surface area contributed by atoms with Gasteiger partial charge in [-0.2, -0.15) is 0 Å². The zero-order valence-corrected chi connectivity index (χ0v) is 16.7. The molecular formula is C24H26N2O3. The first-order valence-corrected chi connectivity index (χ1v) is 9.76. The molecule has 0 saturated heterocycles. The van der Waals surface area contributed by atoms with Crippen LogP contribution in [-0.4, -0.2) is 23.5 Å². The van der Waals surface area contributed by atoms with Crippen LogP contribution in [0.1, 0.15) is 23.1 Å². The molecule has 3 aromatic carbocycles. The lowest BCUT2D eigenvalue weighted by Gasteiger charge is -2.23.